The van der Waals surface area contributed by atoms with Gasteiger partial charge in [0.25, 0.3) is 0 Å². The summed E-state index contributed by atoms with van der Waals surface area (Å²) in [6, 6.07) is 20.2. The van der Waals surface area contributed by atoms with Crippen LogP contribution in [0.1, 0.15) is 32.3 Å². The zero-order chi connectivity index (χ0) is 14.7. The lowest BCUT2D eigenvalue weighted by atomic mass is 9.97. The molecule has 1 heteroatoms. The molecular weight excluding hydrogens is 254 g/mol. The third kappa shape index (κ3) is 3.36. The van der Waals surface area contributed by atoms with Crippen molar-refractivity contribution in [3.05, 3.63) is 60.2 Å². The lowest BCUT2D eigenvalue weighted by molar-refractivity contribution is 0.370. The molecule has 2 aromatic carbocycles. The van der Waals surface area contributed by atoms with Gasteiger partial charge in [-0.15, -0.1) is 0 Å². The van der Waals surface area contributed by atoms with E-state index in [1.807, 2.05) is 0 Å². The molecule has 3 unspecified atom stereocenters. The molecule has 1 saturated carbocycles. The zero-order valence-corrected chi connectivity index (χ0v) is 13.0. The van der Waals surface area contributed by atoms with Gasteiger partial charge in [0.05, 0.1) is 0 Å². The number of benzene rings is 2. The Morgan fingerprint density at radius 1 is 0.857 bits per heavy atom. The van der Waals surface area contributed by atoms with Gasteiger partial charge in [-0.25, -0.2) is 0 Å². The Balaban J connectivity index is 1.60. The largest absolute Gasteiger partial charge is 0.310 e. The minimum absolute atomic E-state index is 0.689. The predicted molar refractivity (Wildman–Crippen MR) is 90.1 cm³/mol. The van der Waals surface area contributed by atoms with Gasteiger partial charge in [0.2, 0.25) is 0 Å². The van der Waals surface area contributed by atoms with E-state index in [1.165, 1.54) is 29.5 Å². The van der Waals surface area contributed by atoms with Crippen molar-refractivity contribution in [1.29, 1.82) is 0 Å². The van der Waals surface area contributed by atoms with Crippen LogP contribution in [-0.2, 0) is 6.54 Å². The van der Waals surface area contributed by atoms with E-state index in [1.54, 1.807) is 0 Å². The molecule has 110 valence electrons. The lowest BCUT2D eigenvalue weighted by Crippen LogP contribution is -2.31. The van der Waals surface area contributed by atoms with Gasteiger partial charge in [0.1, 0.15) is 0 Å². The van der Waals surface area contributed by atoms with Crippen molar-refractivity contribution in [2.24, 2.45) is 11.8 Å². The summed E-state index contributed by atoms with van der Waals surface area (Å²) in [6.45, 7) is 5.74. The highest BCUT2D eigenvalue weighted by Gasteiger charge is 2.28. The van der Waals surface area contributed by atoms with E-state index >= 15 is 0 Å². The maximum absolute atomic E-state index is 3.74. The Labute approximate surface area is 128 Å². The molecule has 1 aliphatic rings. The molecule has 1 N–H and O–H groups in total. The van der Waals surface area contributed by atoms with E-state index in [0.29, 0.717) is 6.04 Å². The maximum atomic E-state index is 3.74. The molecule has 2 aromatic rings. The van der Waals surface area contributed by atoms with Gasteiger partial charge in [-0.2, -0.15) is 0 Å². The molecule has 3 rings (SSSR count). The Hall–Kier alpha value is -1.60. The second-order valence-corrected chi connectivity index (χ2v) is 6.46. The van der Waals surface area contributed by atoms with Crippen molar-refractivity contribution >= 4 is 0 Å². The topological polar surface area (TPSA) is 12.0 Å². The summed E-state index contributed by atoms with van der Waals surface area (Å²) in [5.74, 6) is 1.66. The van der Waals surface area contributed by atoms with Crippen molar-refractivity contribution in [3.63, 3.8) is 0 Å². The van der Waals surface area contributed by atoms with Gasteiger partial charge in [0, 0.05) is 12.6 Å². The Morgan fingerprint density at radius 2 is 1.52 bits per heavy atom. The standard InChI is InChI=1S/C20H25N/c1-15-8-13-20(16(15)2)21-14-17-9-11-19(12-10-17)18-6-4-3-5-7-18/h3-7,9-12,15-16,20-21H,8,13-14H2,1-2H3. The molecule has 1 nitrogen and oxygen atoms in total. The summed E-state index contributed by atoms with van der Waals surface area (Å²) in [5, 5.41) is 3.74. The average Bonchev–Trinajstić information content (AvgIpc) is 2.86. The minimum Gasteiger partial charge on any atom is -0.310 e. The lowest BCUT2D eigenvalue weighted by Gasteiger charge is -2.19. The van der Waals surface area contributed by atoms with Gasteiger partial charge in [-0.05, 0) is 41.4 Å². The van der Waals surface area contributed by atoms with Crippen molar-refractivity contribution < 1.29 is 0 Å². The number of rotatable bonds is 4. The molecule has 0 saturated heterocycles. The van der Waals surface area contributed by atoms with E-state index in [0.717, 1.165) is 18.4 Å². The minimum atomic E-state index is 0.689. The molecule has 0 radical (unpaired) electrons. The third-order valence-corrected chi connectivity index (χ3v) is 5.09. The molecule has 0 heterocycles. The Morgan fingerprint density at radius 3 is 2.14 bits per heavy atom. The summed E-state index contributed by atoms with van der Waals surface area (Å²) in [5.41, 5.74) is 3.96. The molecule has 0 aromatic heterocycles. The maximum Gasteiger partial charge on any atom is 0.0208 e. The van der Waals surface area contributed by atoms with Gasteiger partial charge in [-0.3, -0.25) is 0 Å². The van der Waals surface area contributed by atoms with Crippen molar-refractivity contribution in [2.45, 2.75) is 39.3 Å². The fourth-order valence-electron chi connectivity index (χ4n) is 3.35. The quantitative estimate of drug-likeness (QED) is 0.841. The molecule has 1 aliphatic carbocycles. The first-order valence-corrected chi connectivity index (χ1v) is 8.12. The smallest absolute Gasteiger partial charge is 0.0208 e. The van der Waals surface area contributed by atoms with Crippen LogP contribution in [-0.4, -0.2) is 6.04 Å². The van der Waals surface area contributed by atoms with Crippen LogP contribution in [0.3, 0.4) is 0 Å². The number of nitrogens with one attached hydrogen (secondary N) is 1. The monoisotopic (exact) mass is 279 g/mol. The Kier molecular flexibility index (Phi) is 4.40. The van der Waals surface area contributed by atoms with E-state index < -0.39 is 0 Å². The molecule has 1 fully saturated rings. The van der Waals surface area contributed by atoms with Crippen molar-refractivity contribution in [3.8, 4) is 11.1 Å². The SMILES string of the molecule is CC1CCC(NCc2ccc(-c3ccccc3)cc2)C1C. The normalized spacial score (nSPS) is 25.1. The van der Waals surface area contributed by atoms with Crippen LogP contribution in [0.15, 0.2) is 54.6 Å². The van der Waals surface area contributed by atoms with Gasteiger partial charge in [0.15, 0.2) is 0 Å². The summed E-state index contributed by atoms with van der Waals surface area (Å²) in [7, 11) is 0. The average molecular weight is 279 g/mol. The first kappa shape index (κ1) is 14.3. The molecule has 0 spiro atoms. The van der Waals surface area contributed by atoms with E-state index in [-0.39, 0.29) is 0 Å². The van der Waals surface area contributed by atoms with Crippen molar-refractivity contribution in [1.82, 2.24) is 5.32 Å². The second kappa shape index (κ2) is 6.44. The van der Waals surface area contributed by atoms with Gasteiger partial charge < -0.3 is 5.32 Å². The van der Waals surface area contributed by atoms with E-state index in [2.05, 4.69) is 73.8 Å². The first-order chi connectivity index (χ1) is 10.2. The third-order valence-electron chi connectivity index (χ3n) is 5.09. The fourth-order valence-corrected chi connectivity index (χ4v) is 3.35. The van der Waals surface area contributed by atoms with Crippen LogP contribution in [0.5, 0.6) is 0 Å². The summed E-state index contributed by atoms with van der Waals surface area (Å²) in [6.07, 6.45) is 2.69. The molecule has 0 amide bonds. The van der Waals surface area contributed by atoms with Crippen LogP contribution >= 0.6 is 0 Å². The van der Waals surface area contributed by atoms with E-state index in [9.17, 15) is 0 Å². The predicted octanol–water partition coefficient (Wildman–Crippen LogP) is 4.88. The van der Waals surface area contributed by atoms with Crippen LogP contribution in [0.25, 0.3) is 11.1 Å². The number of hydrogen-bond acceptors (Lipinski definition) is 1. The van der Waals surface area contributed by atoms with E-state index in [4.69, 9.17) is 0 Å². The molecule has 3 atom stereocenters. The van der Waals surface area contributed by atoms with Crippen LogP contribution in [0.4, 0.5) is 0 Å². The molecule has 0 aliphatic heterocycles. The Bertz CT molecular complexity index is 558. The van der Waals surface area contributed by atoms with Crippen LogP contribution in [0, 0.1) is 11.8 Å². The van der Waals surface area contributed by atoms with Gasteiger partial charge in [-0.1, -0.05) is 68.4 Å². The summed E-state index contributed by atoms with van der Waals surface area (Å²) in [4.78, 5) is 0. The molecule has 0 bridgehead atoms. The number of hydrogen-bond donors (Lipinski definition) is 1. The van der Waals surface area contributed by atoms with Crippen molar-refractivity contribution in [2.75, 3.05) is 0 Å². The summed E-state index contributed by atoms with van der Waals surface area (Å²) < 4.78 is 0. The first-order valence-electron chi connectivity index (χ1n) is 8.12. The fraction of sp³-hybridized carbons (Fsp3) is 0.400. The summed E-state index contributed by atoms with van der Waals surface area (Å²) >= 11 is 0. The molecule has 21 heavy (non-hydrogen) atoms. The highest BCUT2D eigenvalue weighted by Crippen LogP contribution is 2.31. The zero-order valence-electron chi connectivity index (χ0n) is 13.0. The second-order valence-electron chi connectivity index (χ2n) is 6.46. The highest BCUT2D eigenvalue weighted by atomic mass is 14.9. The van der Waals surface area contributed by atoms with Gasteiger partial charge >= 0.3 is 0 Å². The van der Waals surface area contributed by atoms with Crippen LogP contribution < -0.4 is 5.32 Å². The van der Waals surface area contributed by atoms with Crippen LogP contribution in [0.2, 0.25) is 0 Å². The highest BCUT2D eigenvalue weighted by molar-refractivity contribution is 5.63. The molecular formula is C20H25N.